The van der Waals surface area contributed by atoms with Crippen LogP contribution in [0.5, 0.6) is 0 Å². The number of nitrogens with zero attached hydrogens (tertiary/aromatic N) is 2. The Morgan fingerprint density at radius 3 is 2.32 bits per heavy atom. The minimum absolute atomic E-state index is 0.150. The fraction of sp³-hybridized carbons (Fsp3) is 0.278. The highest BCUT2D eigenvalue weighted by Gasteiger charge is 2.07. The van der Waals surface area contributed by atoms with Crippen LogP contribution in [0, 0.1) is 0 Å². The van der Waals surface area contributed by atoms with Gasteiger partial charge in [0, 0.05) is 25.0 Å². The van der Waals surface area contributed by atoms with Crippen molar-refractivity contribution in [1.82, 2.24) is 15.2 Å². The average molecular weight is 342 g/mol. The van der Waals surface area contributed by atoms with Crippen molar-refractivity contribution in [3.05, 3.63) is 53.7 Å². The molecule has 0 aliphatic rings. The maximum absolute atomic E-state index is 12.0. The Kier molecular flexibility index (Phi) is 6.47. The number of aromatic nitrogens is 1. The fourth-order valence-corrected chi connectivity index (χ4v) is 2.05. The Balaban J connectivity index is 1.93. The van der Waals surface area contributed by atoms with Crippen molar-refractivity contribution in [2.24, 2.45) is 0 Å². The first-order valence-corrected chi connectivity index (χ1v) is 7.84. The van der Waals surface area contributed by atoms with Crippen LogP contribution in [0.1, 0.15) is 20.7 Å². The molecule has 2 aromatic rings. The summed E-state index contributed by atoms with van der Waals surface area (Å²) in [5.74, 6) is 0.0771. The van der Waals surface area contributed by atoms with E-state index in [1.165, 1.54) is 13.3 Å². The summed E-state index contributed by atoms with van der Waals surface area (Å²) >= 11 is 0. The molecule has 7 heteroatoms. The lowest BCUT2D eigenvalue weighted by Crippen LogP contribution is -2.31. The van der Waals surface area contributed by atoms with Crippen LogP contribution in [0.4, 0.5) is 11.5 Å². The molecule has 1 aromatic carbocycles. The van der Waals surface area contributed by atoms with E-state index in [2.05, 4.69) is 20.4 Å². The van der Waals surface area contributed by atoms with Gasteiger partial charge in [-0.15, -0.1) is 0 Å². The summed E-state index contributed by atoms with van der Waals surface area (Å²) in [5.41, 5.74) is 1.76. The molecule has 0 bridgehead atoms. The van der Waals surface area contributed by atoms with Crippen LogP contribution in [-0.2, 0) is 4.74 Å². The smallest absolute Gasteiger partial charge is 0.337 e. The SMILES string of the molecule is COC(=O)c1ccc(Nc2ccc(C(=O)NCCN(C)C)cn2)cc1. The van der Waals surface area contributed by atoms with Gasteiger partial charge in [0.05, 0.1) is 18.2 Å². The molecule has 2 N–H and O–H groups in total. The third kappa shape index (κ3) is 5.58. The number of nitrogens with one attached hydrogen (secondary N) is 2. The highest BCUT2D eigenvalue weighted by molar-refractivity contribution is 5.94. The number of anilines is 2. The highest BCUT2D eigenvalue weighted by atomic mass is 16.5. The first kappa shape index (κ1) is 18.4. The van der Waals surface area contributed by atoms with Crippen molar-refractivity contribution in [1.29, 1.82) is 0 Å². The zero-order valence-corrected chi connectivity index (χ0v) is 14.6. The van der Waals surface area contributed by atoms with E-state index in [0.29, 0.717) is 23.5 Å². The third-order valence-corrected chi connectivity index (χ3v) is 3.45. The summed E-state index contributed by atoms with van der Waals surface area (Å²) in [4.78, 5) is 29.6. The van der Waals surface area contributed by atoms with Crippen molar-refractivity contribution < 1.29 is 14.3 Å². The molecule has 0 saturated heterocycles. The van der Waals surface area contributed by atoms with E-state index in [1.54, 1.807) is 36.4 Å². The molecule has 1 amide bonds. The molecule has 0 spiro atoms. The van der Waals surface area contributed by atoms with Gasteiger partial charge in [-0.05, 0) is 50.5 Å². The van der Waals surface area contributed by atoms with Crippen molar-refractivity contribution in [2.75, 3.05) is 39.6 Å². The Morgan fingerprint density at radius 2 is 1.76 bits per heavy atom. The number of likely N-dealkylation sites (N-methyl/N-ethyl adjacent to an activating group) is 1. The molecule has 0 aliphatic heterocycles. The van der Waals surface area contributed by atoms with Crippen molar-refractivity contribution in [2.45, 2.75) is 0 Å². The van der Waals surface area contributed by atoms with E-state index < -0.39 is 0 Å². The van der Waals surface area contributed by atoms with Gasteiger partial charge in [0.25, 0.3) is 5.91 Å². The second kappa shape index (κ2) is 8.79. The number of ether oxygens (including phenoxy) is 1. The minimum atomic E-state index is -0.380. The third-order valence-electron chi connectivity index (χ3n) is 3.45. The maximum Gasteiger partial charge on any atom is 0.337 e. The zero-order valence-electron chi connectivity index (χ0n) is 14.6. The predicted molar refractivity (Wildman–Crippen MR) is 96.2 cm³/mol. The number of rotatable bonds is 7. The van der Waals surface area contributed by atoms with E-state index >= 15 is 0 Å². The Morgan fingerprint density at radius 1 is 1.08 bits per heavy atom. The van der Waals surface area contributed by atoms with Crippen LogP contribution >= 0.6 is 0 Å². The lowest BCUT2D eigenvalue weighted by Gasteiger charge is -2.10. The molecular weight excluding hydrogens is 320 g/mol. The van der Waals surface area contributed by atoms with E-state index in [4.69, 9.17) is 0 Å². The van der Waals surface area contributed by atoms with Crippen LogP contribution in [-0.4, -0.2) is 56.1 Å². The van der Waals surface area contributed by atoms with Gasteiger partial charge < -0.3 is 20.3 Å². The largest absolute Gasteiger partial charge is 0.465 e. The normalized spacial score (nSPS) is 10.4. The first-order chi connectivity index (χ1) is 12.0. The predicted octanol–water partition coefficient (Wildman–Crippen LogP) is 1.90. The minimum Gasteiger partial charge on any atom is -0.465 e. The van der Waals surface area contributed by atoms with Crippen molar-refractivity contribution >= 4 is 23.4 Å². The molecule has 0 unspecified atom stereocenters. The highest BCUT2D eigenvalue weighted by Crippen LogP contribution is 2.16. The summed E-state index contributed by atoms with van der Waals surface area (Å²) in [6, 6.07) is 10.3. The fourth-order valence-electron chi connectivity index (χ4n) is 2.05. The van der Waals surface area contributed by atoms with Gasteiger partial charge in [0.1, 0.15) is 5.82 Å². The van der Waals surface area contributed by atoms with Gasteiger partial charge in [-0.2, -0.15) is 0 Å². The van der Waals surface area contributed by atoms with Gasteiger partial charge in [-0.25, -0.2) is 9.78 Å². The number of esters is 1. The van der Waals surface area contributed by atoms with Crippen molar-refractivity contribution in [3.8, 4) is 0 Å². The molecular formula is C18H22N4O3. The summed E-state index contributed by atoms with van der Waals surface area (Å²) in [6.45, 7) is 1.36. The summed E-state index contributed by atoms with van der Waals surface area (Å²) in [5, 5.41) is 5.95. The number of amides is 1. The summed E-state index contributed by atoms with van der Waals surface area (Å²) < 4.78 is 4.66. The molecule has 1 heterocycles. The number of carbonyl (C=O) groups is 2. The van der Waals surface area contributed by atoms with E-state index in [9.17, 15) is 9.59 Å². The number of carbonyl (C=O) groups excluding carboxylic acids is 2. The second-order valence-corrected chi connectivity index (χ2v) is 5.69. The quantitative estimate of drug-likeness (QED) is 0.748. The molecule has 0 aliphatic carbocycles. The number of methoxy groups -OCH3 is 1. The molecule has 0 fully saturated rings. The monoisotopic (exact) mass is 342 g/mol. The Bertz CT molecular complexity index is 712. The van der Waals surface area contributed by atoms with Gasteiger partial charge >= 0.3 is 5.97 Å². The van der Waals surface area contributed by atoms with Crippen LogP contribution in [0.2, 0.25) is 0 Å². The van der Waals surface area contributed by atoms with Crippen LogP contribution in [0.15, 0.2) is 42.6 Å². The standard InChI is InChI=1S/C18H22N4O3/c1-22(2)11-10-19-17(23)14-6-9-16(20-12-14)21-15-7-4-13(5-8-15)18(24)25-3/h4-9,12H,10-11H2,1-3H3,(H,19,23)(H,20,21). The molecule has 132 valence electrons. The maximum atomic E-state index is 12.0. The topological polar surface area (TPSA) is 83.6 Å². The molecule has 0 radical (unpaired) electrons. The van der Waals surface area contributed by atoms with Crippen molar-refractivity contribution in [3.63, 3.8) is 0 Å². The van der Waals surface area contributed by atoms with Crippen LogP contribution in [0.3, 0.4) is 0 Å². The number of hydrogen-bond acceptors (Lipinski definition) is 6. The lowest BCUT2D eigenvalue weighted by atomic mass is 10.2. The van der Waals surface area contributed by atoms with Gasteiger partial charge in [0.15, 0.2) is 0 Å². The number of hydrogen-bond donors (Lipinski definition) is 2. The Labute approximate surface area is 147 Å². The van der Waals surface area contributed by atoms with Gasteiger partial charge in [0.2, 0.25) is 0 Å². The molecule has 0 saturated carbocycles. The molecule has 25 heavy (non-hydrogen) atoms. The van der Waals surface area contributed by atoms with Gasteiger partial charge in [-0.1, -0.05) is 0 Å². The average Bonchev–Trinajstić information content (AvgIpc) is 2.62. The number of benzene rings is 1. The first-order valence-electron chi connectivity index (χ1n) is 7.84. The van der Waals surface area contributed by atoms with Gasteiger partial charge in [-0.3, -0.25) is 4.79 Å². The Hall–Kier alpha value is -2.93. The summed E-state index contributed by atoms with van der Waals surface area (Å²) in [7, 11) is 5.24. The van der Waals surface area contributed by atoms with E-state index in [-0.39, 0.29) is 11.9 Å². The van der Waals surface area contributed by atoms with E-state index in [1.807, 2.05) is 19.0 Å². The summed E-state index contributed by atoms with van der Waals surface area (Å²) in [6.07, 6.45) is 1.52. The molecule has 2 rings (SSSR count). The zero-order chi connectivity index (χ0) is 18.2. The molecule has 7 nitrogen and oxygen atoms in total. The molecule has 0 atom stereocenters. The van der Waals surface area contributed by atoms with Crippen LogP contribution in [0.25, 0.3) is 0 Å². The number of pyridine rings is 1. The van der Waals surface area contributed by atoms with E-state index in [0.717, 1.165) is 12.2 Å². The second-order valence-electron chi connectivity index (χ2n) is 5.69. The lowest BCUT2D eigenvalue weighted by molar-refractivity contribution is 0.0600. The molecule has 1 aromatic heterocycles. The van der Waals surface area contributed by atoms with Crippen LogP contribution < -0.4 is 10.6 Å².